The lowest BCUT2D eigenvalue weighted by Crippen LogP contribution is -2.25. The lowest BCUT2D eigenvalue weighted by Gasteiger charge is -2.06. The Hall–Kier alpha value is -2.70. The topological polar surface area (TPSA) is 97.1 Å². The minimum Gasteiger partial charge on any atom is -0.481 e. The van der Waals surface area contributed by atoms with Crippen LogP contribution in [0.2, 0.25) is 0 Å². The largest absolute Gasteiger partial charge is 0.481 e. The van der Waals surface area contributed by atoms with Gasteiger partial charge >= 0.3 is 5.97 Å². The van der Waals surface area contributed by atoms with Gasteiger partial charge in [0.2, 0.25) is 5.91 Å². The summed E-state index contributed by atoms with van der Waals surface area (Å²) in [5.41, 5.74) is 2.07. The fourth-order valence-electron chi connectivity index (χ4n) is 2.34. The second kappa shape index (κ2) is 5.97. The minimum absolute atomic E-state index is 0.181. The van der Waals surface area contributed by atoms with Crippen molar-refractivity contribution in [3.8, 4) is 0 Å². The Morgan fingerprint density at radius 3 is 2.55 bits per heavy atom. The maximum Gasteiger partial charge on any atom is 0.307 e. The molecule has 1 aromatic carbocycles. The number of rotatable bonds is 6. The molecule has 0 saturated heterocycles. The molecule has 3 rings (SSSR count). The molecule has 7 heteroatoms. The average molecular weight is 300 g/mol. The standard InChI is InChI=1S/C15H16N4O3/c20-14(12-5-13(12)15(21)22)17-6-10-1-3-11(4-2-10)7-19-9-16-8-18-19/h1-4,8-9,12-13H,5-7H2,(H,17,20)(H,21,22). The summed E-state index contributed by atoms with van der Waals surface area (Å²) in [4.78, 5) is 26.4. The predicted molar refractivity (Wildman–Crippen MR) is 76.6 cm³/mol. The fourth-order valence-corrected chi connectivity index (χ4v) is 2.34. The predicted octanol–water partition coefficient (Wildman–Crippen LogP) is 0.663. The van der Waals surface area contributed by atoms with Crippen LogP contribution >= 0.6 is 0 Å². The van der Waals surface area contributed by atoms with E-state index in [1.165, 1.54) is 6.33 Å². The summed E-state index contributed by atoms with van der Waals surface area (Å²) >= 11 is 0. The van der Waals surface area contributed by atoms with Crippen molar-refractivity contribution in [1.82, 2.24) is 20.1 Å². The summed E-state index contributed by atoms with van der Waals surface area (Å²) in [6.07, 6.45) is 3.59. The van der Waals surface area contributed by atoms with Gasteiger partial charge in [0.1, 0.15) is 12.7 Å². The molecule has 2 aromatic rings. The van der Waals surface area contributed by atoms with Crippen LogP contribution in [0, 0.1) is 11.8 Å². The zero-order valence-corrected chi connectivity index (χ0v) is 11.8. The highest BCUT2D eigenvalue weighted by Gasteiger charge is 2.48. The van der Waals surface area contributed by atoms with Crippen LogP contribution in [0.25, 0.3) is 0 Å². The maximum absolute atomic E-state index is 11.8. The lowest BCUT2D eigenvalue weighted by atomic mass is 10.1. The lowest BCUT2D eigenvalue weighted by molar-refractivity contribution is -0.140. The van der Waals surface area contributed by atoms with E-state index < -0.39 is 11.9 Å². The van der Waals surface area contributed by atoms with Gasteiger partial charge in [-0.1, -0.05) is 24.3 Å². The summed E-state index contributed by atoms with van der Waals surface area (Å²) in [6, 6.07) is 7.82. The molecule has 1 heterocycles. The highest BCUT2D eigenvalue weighted by Crippen LogP contribution is 2.38. The number of hydrogen-bond acceptors (Lipinski definition) is 4. The molecular weight excluding hydrogens is 284 g/mol. The van der Waals surface area contributed by atoms with Crippen LogP contribution in [0.3, 0.4) is 0 Å². The Morgan fingerprint density at radius 1 is 1.23 bits per heavy atom. The zero-order valence-electron chi connectivity index (χ0n) is 11.8. The van der Waals surface area contributed by atoms with E-state index in [0.717, 1.165) is 11.1 Å². The van der Waals surface area contributed by atoms with Crippen molar-refractivity contribution in [2.45, 2.75) is 19.5 Å². The third kappa shape index (κ3) is 3.30. The number of carboxylic acids is 1. The molecule has 1 fully saturated rings. The minimum atomic E-state index is -0.891. The van der Waals surface area contributed by atoms with E-state index in [4.69, 9.17) is 5.11 Å². The Balaban J connectivity index is 1.49. The number of hydrogen-bond donors (Lipinski definition) is 2. The number of nitrogens with one attached hydrogen (secondary N) is 1. The normalized spacial score (nSPS) is 19.6. The van der Waals surface area contributed by atoms with Gasteiger partial charge in [-0.15, -0.1) is 0 Å². The number of benzene rings is 1. The summed E-state index contributed by atoms with van der Waals surface area (Å²) in [5.74, 6) is -1.95. The number of carboxylic acid groups (broad SMARTS) is 1. The molecule has 0 bridgehead atoms. The monoisotopic (exact) mass is 300 g/mol. The molecule has 22 heavy (non-hydrogen) atoms. The molecule has 0 radical (unpaired) electrons. The number of amides is 1. The Labute approximate surface area is 127 Å². The van der Waals surface area contributed by atoms with E-state index in [-0.39, 0.29) is 11.8 Å². The maximum atomic E-state index is 11.8. The molecular formula is C15H16N4O3. The van der Waals surface area contributed by atoms with E-state index in [1.54, 1.807) is 11.0 Å². The van der Waals surface area contributed by atoms with Gasteiger partial charge in [0.05, 0.1) is 18.4 Å². The average Bonchev–Trinajstić information content (AvgIpc) is 3.17. The van der Waals surface area contributed by atoms with Crippen molar-refractivity contribution in [3.63, 3.8) is 0 Å². The van der Waals surface area contributed by atoms with E-state index in [1.807, 2.05) is 24.3 Å². The summed E-state index contributed by atoms with van der Waals surface area (Å²) in [7, 11) is 0. The van der Waals surface area contributed by atoms with Gasteiger partial charge in [0, 0.05) is 6.54 Å². The number of aliphatic carboxylic acids is 1. The van der Waals surface area contributed by atoms with E-state index in [2.05, 4.69) is 15.4 Å². The van der Waals surface area contributed by atoms with Crippen LogP contribution in [-0.4, -0.2) is 31.7 Å². The molecule has 1 aromatic heterocycles. The van der Waals surface area contributed by atoms with Crippen LogP contribution in [-0.2, 0) is 22.7 Å². The molecule has 2 unspecified atom stereocenters. The smallest absolute Gasteiger partial charge is 0.307 e. The van der Waals surface area contributed by atoms with Crippen molar-refractivity contribution in [2.24, 2.45) is 11.8 Å². The third-order valence-electron chi connectivity index (χ3n) is 3.75. The second-order valence-electron chi connectivity index (χ2n) is 5.41. The molecule has 1 saturated carbocycles. The number of aromatic nitrogens is 3. The molecule has 0 aliphatic heterocycles. The molecule has 1 aliphatic carbocycles. The number of nitrogens with zero attached hydrogens (tertiary/aromatic N) is 3. The highest BCUT2D eigenvalue weighted by atomic mass is 16.4. The molecule has 7 nitrogen and oxygen atoms in total. The van der Waals surface area contributed by atoms with Gasteiger partial charge in [0.15, 0.2) is 0 Å². The molecule has 2 N–H and O–H groups in total. The first-order valence-electron chi connectivity index (χ1n) is 7.04. The summed E-state index contributed by atoms with van der Waals surface area (Å²) in [6.45, 7) is 1.06. The molecule has 0 spiro atoms. The van der Waals surface area contributed by atoms with E-state index in [0.29, 0.717) is 19.5 Å². The van der Waals surface area contributed by atoms with Crippen molar-refractivity contribution in [1.29, 1.82) is 0 Å². The van der Waals surface area contributed by atoms with Crippen molar-refractivity contribution >= 4 is 11.9 Å². The number of carbonyl (C=O) groups is 2. The molecule has 114 valence electrons. The Morgan fingerprint density at radius 2 is 1.95 bits per heavy atom. The van der Waals surface area contributed by atoms with Gasteiger partial charge in [-0.05, 0) is 17.5 Å². The fraction of sp³-hybridized carbons (Fsp3) is 0.333. The second-order valence-corrected chi connectivity index (χ2v) is 5.41. The first-order valence-corrected chi connectivity index (χ1v) is 7.04. The van der Waals surface area contributed by atoms with Crippen LogP contribution in [0.5, 0.6) is 0 Å². The first-order chi connectivity index (χ1) is 10.6. The van der Waals surface area contributed by atoms with Crippen LogP contribution < -0.4 is 5.32 Å². The van der Waals surface area contributed by atoms with Gasteiger partial charge < -0.3 is 10.4 Å². The van der Waals surface area contributed by atoms with Gasteiger partial charge in [-0.3, -0.25) is 9.59 Å². The van der Waals surface area contributed by atoms with Gasteiger partial charge in [-0.2, -0.15) is 5.10 Å². The molecule has 1 amide bonds. The Bertz CT molecular complexity index is 667. The van der Waals surface area contributed by atoms with Gasteiger partial charge in [0.25, 0.3) is 0 Å². The highest BCUT2D eigenvalue weighted by molar-refractivity contribution is 5.89. The SMILES string of the molecule is O=C(O)C1CC1C(=O)NCc1ccc(Cn2cncn2)cc1. The van der Waals surface area contributed by atoms with Crippen LogP contribution in [0.1, 0.15) is 17.5 Å². The Kier molecular flexibility index (Phi) is 3.86. The van der Waals surface area contributed by atoms with E-state index >= 15 is 0 Å². The van der Waals surface area contributed by atoms with Crippen molar-refractivity contribution in [2.75, 3.05) is 0 Å². The van der Waals surface area contributed by atoms with Gasteiger partial charge in [-0.25, -0.2) is 9.67 Å². The van der Waals surface area contributed by atoms with E-state index in [9.17, 15) is 9.59 Å². The third-order valence-corrected chi connectivity index (χ3v) is 3.75. The van der Waals surface area contributed by atoms with Crippen molar-refractivity contribution < 1.29 is 14.7 Å². The van der Waals surface area contributed by atoms with Crippen LogP contribution in [0.4, 0.5) is 0 Å². The molecule has 1 aliphatic rings. The summed E-state index contributed by atoms with van der Waals surface area (Å²) in [5, 5.41) is 15.6. The first kappa shape index (κ1) is 14.2. The number of carbonyl (C=O) groups excluding carboxylic acids is 1. The van der Waals surface area contributed by atoms with Crippen LogP contribution in [0.15, 0.2) is 36.9 Å². The molecule has 2 atom stereocenters. The van der Waals surface area contributed by atoms with Crippen molar-refractivity contribution in [3.05, 3.63) is 48.0 Å². The summed E-state index contributed by atoms with van der Waals surface area (Å²) < 4.78 is 1.73. The zero-order chi connectivity index (χ0) is 15.5. The quantitative estimate of drug-likeness (QED) is 0.817.